The summed E-state index contributed by atoms with van der Waals surface area (Å²) in [5.74, 6) is -0.778. The molecule has 3 rings (SSSR count). The second-order valence-corrected chi connectivity index (χ2v) is 6.26. The SMILES string of the molecule is O=C(COC(=O)C1COc2ccc(Cl)cc2C1)Nc1cccnc1Cl. The van der Waals surface area contributed by atoms with Gasteiger partial charge in [0.2, 0.25) is 0 Å². The molecule has 0 fully saturated rings. The van der Waals surface area contributed by atoms with E-state index in [0.717, 1.165) is 5.56 Å². The summed E-state index contributed by atoms with van der Waals surface area (Å²) in [6.07, 6.45) is 1.95. The Bertz CT molecular complexity index is 813. The number of ether oxygens (including phenoxy) is 2. The van der Waals surface area contributed by atoms with Crippen molar-refractivity contribution in [3.63, 3.8) is 0 Å². The van der Waals surface area contributed by atoms with Crippen LogP contribution in [0.4, 0.5) is 5.69 Å². The maximum atomic E-state index is 12.2. The Morgan fingerprint density at radius 2 is 2.16 bits per heavy atom. The van der Waals surface area contributed by atoms with Gasteiger partial charge in [-0.25, -0.2) is 4.98 Å². The van der Waals surface area contributed by atoms with Crippen LogP contribution in [0.1, 0.15) is 5.56 Å². The van der Waals surface area contributed by atoms with Crippen LogP contribution in [0.3, 0.4) is 0 Å². The first-order chi connectivity index (χ1) is 12.0. The van der Waals surface area contributed by atoms with Gasteiger partial charge in [-0.3, -0.25) is 9.59 Å². The van der Waals surface area contributed by atoms with Gasteiger partial charge in [0, 0.05) is 11.2 Å². The quantitative estimate of drug-likeness (QED) is 0.651. The first-order valence-corrected chi connectivity index (χ1v) is 8.27. The first-order valence-electron chi connectivity index (χ1n) is 7.51. The molecule has 0 saturated carbocycles. The van der Waals surface area contributed by atoms with Gasteiger partial charge < -0.3 is 14.8 Å². The van der Waals surface area contributed by atoms with Gasteiger partial charge in [0.05, 0.1) is 11.6 Å². The van der Waals surface area contributed by atoms with Crippen molar-refractivity contribution in [3.05, 3.63) is 52.3 Å². The summed E-state index contributed by atoms with van der Waals surface area (Å²) < 4.78 is 10.6. The number of nitrogens with zero attached hydrogens (tertiary/aromatic N) is 1. The van der Waals surface area contributed by atoms with Crippen molar-refractivity contribution in [3.8, 4) is 5.75 Å². The highest BCUT2D eigenvalue weighted by Gasteiger charge is 2.28. The van der Waals surface area contributed by atoms with Gasteiger partial charge in [-0.1, -0.05) is 23.2 Å². The van der Waals surface area contributed by atoms with Crippen LogP contribution in [0.5, 0.6) is 5.75 Å². The number of halogens is 2. The second-order valence-electron chi connectivity index (χ2n) is 5.46. The fourth-order valence-electron chi connectivity index (χ4n) is 2.43. The van der Waals surface area contributed by atoms with E-state index in [2.05, 4.69) is 10.3 Å². The van der Waals surface area contributed by atoms with Gasteiger partial charge in [0.25, 0.3) is 5.91 Å². The number of carbonyl (C=O) groups is 2. The molecule has 0 saturated heterocycles. The van der Waals surface area contributed by atoms with E-state index in [9.17, 15) is 9.59 Å². The topological polar surface area (TPSA) is 77.5 Å². The van der Waals surface area contributed by atoms with E-state index in [4.69, 9.17) is 32.7 Å². The van der Waals surface area contributed by atoms with E-state index in [1.54, 1.807) is 30.3 Å². The zero-order valence-electron chi connectivity index (χ0n) is 13.0. The number of pyridine rings is 1. The number of fused-ring (bicyclic) bond motifs is 1. The Morgan fingerprint density at radius 1 is 1.32 bits per heavy atom. The van der Waals surface area contributed by atoms with Crippen LogP contribution in [-0.2, 0) is 20.7 Å². The van der Waals surface area contributed by atoms with Crippen molar-refractivity contribution in [1.29, 1.82) is 0 Å². The normalized spacial score (nSPS) is 15.7. The lowest BCUT2D eigenvalue weighted by Crippen LogP contribution is -2.32. The fraction of sp³-hybridized carbons (Fsp3) is 0.235. The van der Waals surface area contributed by atoms with Crippen LogP contribution in [-0.4, -0.2) is 30.1 Å². The van der Waals surface area contributed by atoms with Crippen LogP contribution in [0.25, 0.3) is 0 Å². The van der Waals surface area contributed by atoms with Gasteiger partial charge >= 0.3 is 5.97 Å². The van der Waals surface area contributed by atoms with E-state index in [1.165, 1.54) is 6.20 Å². The van der Waals surface area contributed by atoms with E-state index < -0.39 is 24.4 Å². The zero-order chi connectivity index (χ0) is 17.8. The van der Waals surface area contributed by atoms with Gasteiger partial charge in [-0.05, 0) is 42.3 Å². The number of carbonyl (C=O) groups excluding carboxylic acids is 2. The van der Waals surface area contributed by atoms with Crippen LogP contribution in [0.2, 0.25) is 10.2 Å². The zero-order valence-corrected chi connectivity index (χ0v) is 14.5. The van der Waals surface area contributed by atoms with Gasteiger partial charge in [-0.2, -0.15) is 0 Å². The minimum absolute atomic E-state index is 0.163. The molecule has 8 heteroatoms. The number of esters is 1. The first kappa shape index (κ1) is 17.5. The van der Waals surface area contributed by atoms with Crippen molar-refractivity contribution >= 4 is 40.8 Å². The Labute approximate surface area is 154 Å². The highest BCUT2D eigenvalue weighted by Crippen LogP contribution is 2.30. The van der Waals surface area contributed by atoms with Gasteiger partial charge in [-0.15, -0.1) is 0 Å². The molecule has 1 aromatic carbocycles. The number of benzene rings is 1. The van der Waals surface area contributed by atoms with Crippen LogP contribution < -0.4 is 10.1 Å². The Kier molecular flexibility index (Phi) is 5.40. The number of hydrogen-bond acceptors (Lipinski definition) is 5. The molecule has 0 bridgehead atoms. The molecule has 1 unspecified atom stereocenters. The number of nitrogens with one attached hydrogen (secondary N) is 1. The second kappa shape index (κ2) is 7.72. The maximum absolute atomic E-state index is 12.2. The lowest BCUT2D eigenvalue weighted by molar-refractivity contribution is -0.152. The molecule has 1 atom stereocenters. The third kappa shape index (κ3) is 4.41. The van der Waals surface area contributed by atoms with E-state index in [1.807, 2.05) is 0 Å². The molecular weight excluding hydrogens is 367 g/mol. The molecular formula is C17H14Cl2N2O4. The molecule has 0 spiro atoms. The summed E-state index contributed by atoms with van der Waals surface area (Å²) in [6.45, 7) is -0.216. The van der Waals surface area contributed by atoms with Crippen LogP contribution in [0, 0.1) is 5.92 Å². The summed E-state index contributed by atoms with van der Waals surface area (Å²) in [7, 11) is 0. The minimum atomic E-state index is -0.502. The number of aromatic nitrogens is 1. The lowest BCUT2D eigenvalue weighted by Gasteiger charge is -2.24. The molecule has 0 aliphatic carbocycles. The lowest BCUT2D eigenvalue weighted by atomic mass is 9.97. The standard InChI is InChI=1S/C17H14Cl2N2O4/c18-12-3-4-14-10(7-12)6-11(8-24-14)17(23)25-9-15(22)21-13-2-1-5-20-16(13)19/h1-5,7,11H,6,8-9H2,(H,21,22). The third-order valence-corrected chi connectivity index (χ3v) is 4.18. The number of rotatable bonds is 4. The van der Waals surface area contributed by atoms with Crippen LogP contribution in [0.15, 0.2) is 36.5 Å². The Hall–Kier alpha value is -2.31. The molecule has 2 heterocycles. The number of anilines is 1. The molecule has 1 aliphatic rings. The molecule has 2 aromatic rings. The van der Waals surface area contributed by atoms with E-state index in [-0.39, 0.29) is 11.8 Å². The highest BCUT2D eigenvalue weighted by molar-refractivity contribution is 6.32. The predicted octanol–water partition coefficient (Wildman–Crippen LogP) is 3.12. The smallest absolute Gasteiger partial charge is 0.313 e. The number of amides is 1. The van der Waals surface area contributed by atoms with Crippen molar-refractivity contribution in [1.82, 2.24) is 4.98 Å². The summed E-state index contributed by atoms with van der Waals surface area (Å²) in [6, 6.07) is 8.49. The molecule has 130 valence electrons. The van der Waals surface area contributed by atoms with Crippen molar-refractivity contribution in [2.45, 2.75) is 6.42 Å². The van der Waals surface area contributed by atoms with Crippen molar-refractivity contribution < 1.29 is 19.1 Å². The fourth-order valence-corrected chi connectivity index (χ4v) is 2.80. The summed E-state index contributed by atoms with van der Waals surface area (Å²) in [4.78, 5) is 27.9. The minimum Gasteiger partial charge on any atom is -0.492 e. The Morgan fingerprint density at radius 3 is 2.96 bits per heavy atom. The molecule has 0 radical (unpaired) electrons. The van der Waals surface area contributed by atoms with E-state index in [0.29, 0.717) is 22.9 Å². The van der Waals surface area contributed by atoms with Crippen molar-refractivity contribution in [2.24, 2.45) is 5.92 Å². The molecule has 1 amide bonds. The van der Waals surface area contributed by atoms with Gasteiger partial charge in [0.1, 0.15) is 12.4 Å². The molecule has 1 N–H and O–H groups in total. The summed E-state index contributed by atoms with van der Waals surface area (Å²) in [5.41, 5.74) is 1.20. The van der Waals surface area contributed by atoms with Crippen LogP contribution >= 0.6 is 23.2 Å². The monoisotopic (exact) mass is 380 g/mol. The number of hydrogen-bond donors (Lipinski definition) is 1. The largest absolute Gasteiger partial charge is 0.492 e. The van der Waals surface area contributed by atoms with Gasteiger partial charge in [0.15, 0.2) is 11.8 Å². The molecule has 25 heavy (non-hydrogen) atoms. The molecule has 6 nitrogen and oxygen atoms in total. The average Bonchev–Trinajstić information content (AvgIpc) is 2.61. The Balaban J connectivity index is 1.53. The predicted molar refractivity (Wildman–Crippen MR) is 93.0 cm³/mol. The third-order valence-electron chi connectivity index (χ3n) is 3.64. The summed E-state index contributed by atoms with van der Waals surface area (Å²) in [5, 5.41) is 3.27. The summed E-state index contributed by atoms with van der Waals surface area (Å²) >= 11 is 11.8. The van der Waals surface area contributed by atoms with E-state index >= 15 is 0 Å². The molecule has 1 aromatic heterocycles. The maximum Gasteiger partial charge on any atom is 0.313 e. The van der Waals surface area contributed by atoms with Crippen molar-refractivity contribution in [2.75, 3.05) is 18.5 Å². The average molecular weight is 381 g/mol. The highest BCUT2D eigenvalue weighted by atomic mass is 35.5. The molecule has 1 aliphatic heterocycles.